The van der Waals surface area contributed by atoms with Gasteiger partial charge in [-0.05, 0) is 25.5 Å². The van der Waals surface area contributed by atoms with Crippen molar-refractivity contribution in [3.63, 3.8) is 0 Å². The van der Waals surface area contributed by atoms with Crippen LogP contribution in [0.25, 0.3) is 0 Å². The number of rotatable bonds is 7. The second kappa shape index (κ2) is 8.56. The topological polar surface area (TPSA) is 75.4 Å². The van der Waals surface area contributed by atoms with Crippen LogP contribution in [0.3, 0.4) is 0 Å². The van der Waals surface area contributed by atoms with E-state index in [4.69, 9.17) is 5.73 Å². The largest absolute Gasteiger partial charge is 0.339 e. The smallest absolute Gasteiger partial charge is 0.225 e. The first-order chi connectivity index (χ1) is 10.3. The van der Waals surface area contributed by atoms with Crippen molar-refractivity contribution >= 4 is 11.9 Å². The van der Waals surface area contributed by atoms with Crippen molar-refractivity contribution in [2.75, 3.05) is 37.6 Å². The summed E-state index contributed by atoms with van der Waals surface area (Å²) in [5.74, 6) is 1.03. The highest BCUT2D eigenvalue weighted by molar-refractivity contribution is 5.76. The maximum atomic E-state index is 12.1. The molecule has 0 atom stereocenters. The fraction of sp³-hybridized carbons (Fsp3) is 0.667. The Morgan fingerprint density at radius 1 is 1.05 bits per heavy atom. The van der Waals surface area contributed by atoms with Gasteiger partial charge in [0, 0.05) is 45.0 Å². The predicted octanol–water partition coefficient (Wildman–Crippen LogP) is 1.03. The summed E-state index contributed by atoms with van der Waals surface area (Å²) in [6, 6.07) is 1.81. The number of nitrogens with two attached hydrogens (primary N) is 1. The molecule has 0 unspecified atom stereocenters. The summed E-state index contributed by atoms with van der Waals surface area (Å²) in [4.78, 5) is 24.7. The second-order valence-electron chi connectivity index (χ2n) is 5.37. The Morgan fingerprint density at radius 3 is 2.38 bits per heavy atom. The van der Waals surface area contributed by atoms with Crippen molar-refractivity contribution in [2.45, 2.75) is 32.1 Å². The second-order valence-corrected chi connectivity index (χ2v) is 5.37. The van der Waals surface area contributed by atoms with Gasteiger partial charge in [0.25, 0.3) is 0 Å². The summed E-state index contributed by atoms with van der Waals surface area (Å²) in [6.45, 7) is 3.89. The van der Waals surface area contributed by atoms with Crippen LogP contribution < -0.4 is 10.6 Å². The number of unbranched alkanes of at least 4 members (excludes halogenated alkanes) is 3. The maximum absolute atomic E-state index is 12.1. The summed E-state index contributed by atoms with van der Waals surface area (Å²) >= 11 is 0. The molecule has 1 aliphatic heterocycles. The van der Waals surface area contributed by atoms with Gasteiger partial charge in [-0.1, -0.05) is 12.8 Å². The van der Waals surface area contributed by atoms with E-state index < -0.39 is 0 Å². The van der Waals surface area contributed by atoms with E-state index in [1.807, 2.05) is 11.0 Å². The SMILES string of the molecule is NCCCCCCC(=O)N1CCN(c2ncccn2)CC1. The Bertz CT molecular complexity index is 417. The van der Waals surface area contributed by atoms with Crippen molar-refractivity contribution < 1.29 is 4.79 Å². The average molecular weight is 291 g/mol. The van der Waals surface area contributed by atoms with Crippen molar-refractivity contribution in [3.8, 4) is 0 Å². The lowest BCUT2D eigenvalue weighted by Crippen LogP contribution is -2.49. The number of amides is 1. The van der Waals surface area contributed by atoms with Gasteiger partial charge in [0.05, 0.1) is 0 Å². The number of nitrogens with zero attached hydrogens (tertiary/aromatic N) is 4. The highest BCUT2D eigenvalue weighted by atomic mass is 16.2. The van der Waals surface area contributed by atoms with E-state index in [0.717, 1.165) is 64.4 Å². The number of piperazine rings is 1. The lowest BCUT2D eigenvalue weighted by Gasteiger charge is -2.34. The molecule has 2 heterocycles. The molecule has 1 amide bonds. The van der Waals surface area contributed by atoms with Crippen LogP contribution in [0.2, 0.25) is 0 Å². The number of aromatic nitrogens is 2. The molecule has 1 saturated heterocycles. The first-order valence-electron chi connectivity index (χ1n) is 7.81. The third kappa shape index (κ3) is 4.97. The molecular weight excluding hydrogens is 266 g/mol. The van der Waals surface area contributed by atoms with Crippen LogP contribution >= 0.6 is 0 Å². The molecule has 1 aromatic rings. The van der Waals surface area contributed by atoms with E-state index in [-0.39, 0.29) is 5.91 Å². The molecule has 0 bridgehead atoms. The highest BCUT2D eigenvalue weighted by Gasteiger charge is 2.21. The lowest BCUT2D eigenvalue weighted by molar-refractivity contribution is -0.131. The van der Waals surface area contributed by atoms with Crippen molar-refractivity contribution in [2.24, 2.45) is 5.73 Å². The average Bonchev–Trinajstić information content (AvgIpc) is 2.55. The Hall–Kier alpha value is -1.69. The summed E-state index contributed by atoms with van der Waals surface area (Å²) < 4.78 is 0. The molecule has 2 N–H and O–H groups in total. The normalized spacial score (nSPS) is 15.3. The minimum absolute atomic E-state index is 0.274. The number of carbonyl (C=O) groups is 1. The molecule has 0 aromatic carbocycles. The Balaban J connectivity index is 1.67. The number of hydrogen-bond donors (Lipinski definition) is 1. The van der Waals surface area contributed by atoms with Crippen molar-refractivity contribution in [3.05, 3.63) is 18.5 Å². The molecule has 1 aliphatic rings. The Labute approximate surface area is 126 Å². The molecule has 0 radical (unpaired) electrons. The Kier molecular flexibility index (Phi) is 6.40. The first kappa shape index (κ1) is 15.7. The zero-order valence-electron chi connectivity index (χ0n) is 12.6. The number of anilines is 1. The molecule has 116 valence electrons. The molecule has 1 aromatic heterocycles. The van der Waals surface area contributed by atoms with Crippen molar-refractivity contribution in [1.82, 2.24) is 14.9 Å². The molecule has 6 heteroatoms. The first-order valence-corrected chi connectivity index (χ1v) is 7.81. The van der Waals surface area contributed by atoms with Gasteiger partial charge >= 0.3 is 0 Å². The summed E-state index contributed by atoms with van der Waals surface area (Å²) in [5, 5.41) is 0. The van der Waals surface area contributed by atoms with Gasteiger partial charge in [-0.25, -0.2) is 9.97 Å². The third-order valence-corrected chi connectivity index (χ3v) is 3.81. The predicted molar refractivity (Wildman–Crippen MR) is 83.0 cm³/mol. The van der Waals surface area contributed by atoms with E-state index in [0.29, 0.717) is 6.42 Å². The lowest BCUT2D eigenvalue weighted by atomic mass is 10.1. The van der Waals surface area contributed by atoms with Crippen LogP contribution in [0.5, 0.6) is 0 Å². The van der Waals surface area contributed by atoms with Crippen LogP contribution in [0.15, 0.2) is 18.5 Å². The summed E-state index contributed by atoms with van der Waals surface area (Å²) in [6.07, 6.45) is 8.42. The zero-order chi connectivity index (χ0) is 14.9. The standard InChI is InChI=1S/C15H25N5O/c16-7-4-2-1-3-6-14(21)19-10-12-20(13-11-19)15-17-8-5-9-18-15/h5,8-9H,1-4,6-7,10-13,16H2. The van der Waals surface area contributed by atoms with Gasteiger partial charge in [-0.2, -0.15) is 0 Å². The summed E-state index contributed by atoms with van der Waals surface area (Å²) in [7, 11) is 0. The van der Waals surface area contributed by atoms with Crippen LogP contribution in [0.4, 0.5) is 5.95 Å². The van der Waals surface area contributed by atoms with Gasteiger partial charge < -0.3 is 15.5 Å². The minimum Gasteiger partial charge on any atom is -0.339 e. The van der Waals surface area contributed by atoms with Crippen LogP contribution in [-0.4, -0.2) is 53.5 Å². The monoisotopic (exact) mass is 291 g/mol. The van der Waals surface area contributed by atoms with Crippen LogP contribution in [-0.2, 0) is 4.79 Å². The van der Waals surface area contributed by atoms with E-state index in [9.17, 15) is 4.79 Å². The minimum atomic E-state index is 0.274. The van der Waals surface area contributed by atoms with E-state index in [1.54, 1.807) is 12.4 Å². The molecule has 2 rings (SSSR count). The van der Waals surface area contributed by atoms with Gasteiger partial charge in [0.15, 0.2) is 0 Å². The van der Waals surface area contributed by atoms with Gasteiger partial charge in [-0.3, -0.25) is 4.79 Å². The van der Waals surface area contributed by atoms with Gasteiger partial charge in [0.1, 0.15) is 0 Å². The van der Waals surface area contributed by atoms with Crippen LogP contribution in [0, 0.1) is 0 Å². The number of hydrogen-bond acceptors (Lipinski definition) is 5. The van der Waals surface area contributed by atoms with Gasteiger partial charge in [-0.15, -0.1) is 0 Å². The molecule has 21 heavy (non-hydrogen) atoms. The van der Waals surface area contributed by atoms with E-state index in [1.165, 1.54) is 0 Å². The highest BCUT2D eigenvalue weighted by Crippen LogP contribution is 2.12. The number of carbonyl (C=O) groups excluding carboxylic acids is 1. The molecule has 0 saturated carbocycles. The molecule has 0 spiro atoms. The Morgan fingerprint density at radius 2 is 1.71 bits per heavy atom. The fourth-order valence-electron chi connectivity index (χ4n) is 2.54. The summed E-state index contributed by atoms with van der Waals surface area (Å²) in [5.41, 5.74) is 5.46. The zero-order valence-corrected chi connectivity index (χ0v) is 12.6. The molecule has 0 aliphatic carbocycles. The van der Waals surface area contributed by atoms with Crippen LogP contribution in [0.1, 0.15) is 32.1 Å². The quantitative estimate of drug-likeness (QED) is 0.760. The van der Waals surface area contributed by atoms with Crippen molar-refractivity contribution in [1.29, 1.82) is 0 Å². The maximum Gasteiger partial charge on any atom is 0.225 e. The molecular formula is C15H25N5O. The van der Waals surface area contributed by atoms with Gasteiger partial charge in [0.2, 0.25) is 11.9 Å². The molecule has 1 fully saturated rings. The molecule has 6 nitrogen and oxygen atoms in total. The fourth-order valence-corrected chi connectivity index (χ4v) is 2.54. The van der Waals surface area contributed by atoms with E-state index in [2.05, 4.69) is 14.9 Å². The van der Waals surface area contributed by atoms with E-state index >= 15 is 0 Å². The third-order valence-electron chi connectivity index (χ3n) is 3.81.